The summed E-state index contributed by atoms with van der Waals surface area (Å²) in [5, 5.41) is 78.8. The van der Waals surface area contributed by atoms with Crippen LogP contribution in [0.2, 0.25) is 0 Å². The number of H-pyrrole nitrogens is 2. The van der Waals surface area contributed by atoms with Crippen molar-refractivity contribution in [3.05, 3.63) is 90.1 Å². The number of hydrogen-bond donors (Lipinski definition) is 24. The largest absolute Gasteiger partial charge is 0.481 e. The topological polar surface area (TPSA) is 699 Å². The number of nitrogens with zero attached hydrogens (tertiary/aromatic N) is 2. The second kappa shape index (κ2) is 62.8. The zero-order valence-corrected chi connectivity index (χ0v) is 78.6. The van der Waals surface area contributed by atoms with Gasteiger partial charge in [0.2, 0.25) is 94.5 Å². The molecule has 12 atom stereocenters. The molecule has 0 saturated carbocycles. The number of imidazole rings is 1. The maximum atomic E-state index is 15.4. The van der Waals surface area contributed by atoms with Gasteiger partial charge in [-0.15, -0.1) is 0 Å². The molecular formula is C92H143N23O22. The highest BCUT2D eigenvalue weighted by molar-refractivity contribution is 6.01. The van der Waals surface area contributed by atoms with E-state index >= 15 is 19.2 Å². The molecule has 4 aromatic rings. The Morgan fingerprint density at radius 1 is 0.591 bits per heavy atom. The molecule has 2 aromatic heterocycles. The molecule has 0 radical (unpaired) electrons. The maximum Gasteiger partial charge on any atom is 0.303 e. The number of carboxylic acids is 1. The first-order chi connectivity index (χ1) is 65.7. The number of carboxylic acid groups (broad SMARTS) is 1. The lowest BCUT2D eigenvalue weighted by atomic mass is 10.0. The number of aromatic amines is 2. The van der Waals surface area contributed by atoms with Gasteiger partial charge in [0, 0.05) is 113 Å². The minimum atomic E-state index is -1.76. The van der Waals surface area contributed by atoms with Gasteiger partial charge >= 0.3 is 5.97 Å². The lowest BCUT2D eigenvalue weighted by molar-refractivity contribution is -0.143. The monoisotopic (exact) mass is 1920 g/mol. The zero-order valence-electron chi connectivity index (χ0n) is 78.6. The molecule has 0 bridgehead atoms. The minimum absolute atomic E-state index is 0.0129. The fraction of sp³-hybridized carbons (Fsp3) is 0.620. The SMILES string of the molecule is CCCC[C@H](NC(=O)[C@H](CNC(C)C)NC(=O)[C@H](Cc1c[nH]cn1)NC(=O)[C@H](CCC(N)=O)NC(=O)[C@H](CO)NC(=O)CNC(=O)COCCOCCNC(=O)CCCCCCCCCCCCCCC(=O)O)C(=O)N[C@H]1CCC(=O)NCCCC[C@@H](C(N)=O)NC(=O)[C@H](Cc2c[nH]c3ccccc23)NC(=O)[C@H](CCCNC(=N)N)NC(=O)[C@@H](Cc2ccccc2)NC(=O)[C@@H]2C[C@@H](O)CN2C1=O. The molecule has 0 spiro atoms. The summed E-state index contributed by atoms with van der Waals surface area (Å²) in [7, 11) is 0. The van der Waals surface area contributed by atoms with Crippen LogP contribution in [0.3, 0.4) is 0 Å². The third-order valence-electron chi connectivity index (χ3n) is 23.1. The van der Waals surface area contributed by atoms with E-state index in [1.165, 1.54) is 18.9 Å². The molecule has 2 saturated heterocycles. The lowest BCUT2D eigenvalue weighted by Gasteiger charge is -2.31. The number of ether oxygens (including phenoxy) is 2. The predicted molar refractivity (Wildman–Crippen MR) is 502 cm³/mol. The van der Waals surface area contributed by atoms with Crippen molar-refractivity contribution in [3.8, 4) is 0 Å². The van der Waals surface area contributed by atoms with E-state index in [1.54, 1.807) is 69.4 Å². The highest BCUT2D eigenvalue weighted by Crippen LogP contribution is 2.24. The molecule has 0 unspecified atom stereocenters. The van der Waals surface area contributed by atoms with Gasteiger partial charge in [-0.05, 0) is 81.4 Å². The van der Waals surface area contributed by atoms with Gasteiger partial charge in [-0.1, -0.05) is 146 Å². The van der Waals surface area contributed by atoms with Crippen LogP contribution in [0.25, 0.3) is 10.9 Å². The number of carbonyl (C=O) groups excluding carboxylic acids is 16. The quantitative estimate of drug-likeness (QED) is 0.0127. The van der Waals surface area contributed by atoms with Gasteiger partial charge in [-0.3, -0.25) is 86.9 Å². The number of primary amides is 2. The van der Waals surface area contributed by atoms with Crippen LogP contribution < -0.4 is 97.0 Å². The second-order valence-corrected chi connectivity index (χ2v) is 34.7. The number of amides is 16. The van der Waals surface area contributed by atoms with Crippen molar-refractivity contribution in [2.45, 2.75) is 292 Å². The van der Waals surface area contributed by atoms with E-state index in [9.17, 15) is 72.5 Å². The summed E-state index contributed by atoms with van der Waals surface area (Å²) in [5.41, 5.74) is 19.0. The molecule has 27 N–H and O–H groups in total. The number of para-hydroxylation sites is 1. The Labute approximate surface area is 796 Å². The standard InChI is InChI=1S/C92H143N23O22/c1-4-5-29-65(82(126)110-68-36-38-77(120)98-39-24-23-31-64(81(94)125)106-86(130)70(46-59-49-102-63-30-22-21-28-62(59)63)111-83(127)66(32-25-40-100-92(95)96)107-85(129)69(45-58-26-17-16-18-27-58)113-90(134)74-48-61(117)53-115(74)91(68)135)108-88(132)72(51-101-57(2)3)114-87(131)71(47-60-50-97-56-104-60)112-84(128)67(35-37-75(93)118)109-89(133)73(54-116)105-78(121)52-103-79(122)55-137-44-43-136-42-41-99-76(119)33-19-14-12-10-8-6-7-9-11-13-15-20-34-80(123)124/h16-18,21-22,26-28,30,49-50,56-57,61,64-74,101-102,116-117H,4-15,19-20,23-25,29,31-48,51-55H2,1-3H3,(H2,93,118)(H2,94,125)(H,97,104)(H,98,120)(H,99,119)(H,103,122)(H,105,121)(H,106,130)(H,107,129)(H,108,132)(H,109,133)(H,110,126)(H,111,127)(H,112,128)(H,113,134)(H,114,131)(H,123,124)(H4,95,96,100)/t61-,64+,65+,66+,67+,68+,69-,70+,71+,72+,73+,74+/m1/s1. The van der Waals surface area contributed by atoms with Gasteiger partial charge in [-0.2, -0.15) is 0 Å². The Balaban J connectivity index is 1.13. The average molecular weight is 1920 g/mol. The number of carbonyl (C=O) groups is 17. The molecule has 2 aliphatic heterocycles. The Morgan fingerprint density at radius 3 is 1.85 bits per heavy atom. The van der Waals surface area contributed by atoms with E-state index in [4.69, 9.17) is 37.2 Å². The first-order valence-electron chi connectivity index (χ1n) is 47.5. The van der Waals surface area contributed by atoms with Crippen molar-refractivity contribution in [2.24, 2.45) is 17.2 Å². The summed E-state index contributed by atoms with van der Waals surface area (Å²) in [6.45, 7) is 2.73. The van der Waals surface area contributed by atoms with E-state index < -0.39 is 226 Å². The van der Waals surface area contributed by atoms with Crippen LogP contribution in [-0.4, -0.2) is 293 Å². The van der Waals surface area contributed by atoms with Crippen molar-refractivity contribution in [1.82, 2.24) is 99.6 Å². The number of aliphatic hydroxyl groups is 2. The number of nitrogens with two attached hydrogens (primary N) is 3. The third kappa shape index (κ3) is 43.9. The molecule has 4 heterocycles. The highest BCUT2D eigenvalue weighted by Gasteiger charge is 2.44. The number of rotatable bonds is 57. The van der Waals surface area contributed by atoms with Gasteiger partial charge in [0.25, 0.3) is 0 Å². The molecule has 45 nitrogen and oxygen atoms in total. The Hall–Kier alpha value is -12.8. The van der Waals surface area contributed by atoms with Crippen molar-refractivity contribution < 1.29 is 106 Å². The summed E-state index contributed by atoms with van der Waals surface area (Å²) >= 11 is 0. The number of fused-ring (bicyclic) bond motifs is 2. The maximum absolute atomic E-state index is 15.4. The smallest absolute Gasteiger partial charge is 0.303 e. The number of aliphatic hydroxyl groups excluding tert-OH is 2. The molecule has 137 heavy (non-hydrogen) atoms. The average Bonchev–Trinajstić information content (AvgIpc) is 1.68. The molecule has 2 fully saturated rings. The molecular weight excluding hydrogens is 1780 g/mol. The molecule has 16 amide bonds. The van der Waals surface area contributed by atoms with Crippen LogP contribution in [0, 0.1) is 5.41 Å². The van der Waals surface area contributed by atoms with Crippen LogP contribution in [0.1, 0.15) is 211 Å². The van der Waals surface area contributed by atoms with Crippen molar-refractivity contribution in [2.75, 3.05) is 72.3 Å². The van der Waals surface area contributed by atoms with Crippen LogP contribution in [0.5, 0.6) is 0 Å². The Morgan fingerprint density at radius 2 is 1.20 bits per heavy atom. The van der Waals surface area contributed by atoms with Crippen LogP contribution in [0.4, 0.5) is 0 Å². The highest BCUT2D eigenvalue weighted by atomic mass is 16.5. The number of aliphatic carboxylic acids is 1. The van der Waals surface area contributed by atoms with E-state index in [1.807, 2.05) is 12.1 Å². The Kier molecular flexibility index (Phi) is 51.8. The molecule has 0 aliphatic carbocycles. The molecule has 45 heteroatoms. The predicted octanol–water partition coefficient (Wildman–Crippen LogP) is -2.18. The molecule has 6 rings (SSSR count). The fourth-order valence-corrected chi connectivity index (χ4v) is 15.5. The number of benzene rings is 2. The van der Waals surface area contributed by atoms with Gasteiger partial charge in [0.05, 0.1) is 51.1 Å². The van der Waals surface area contributed by atoms with Crippen LogP contribution >= 0.6 is 0 Å². The number of guanidine groups is 1. The number of hydrogen-bond acceptors (Lipinski definition) is 24. The molecule has 2 aromatic carbocycles. The van der Waals surface area contributed by atoms with Gasteiger partial charge in [-0.25, -0.2) is 4.98 Å². The summed E-state index contributed by atoms with van der Waals surface area (Å²) in [5.74, 6) is -15.2. The van der Waals surface area contributed by atoms with Gasteiger partial charge in [0.15, 0.2) is 5.96 Å². The first-order valence-corrected chi connectivity index (χ1v) is 47.5. The van der Waals surface area contributed by atoms with Crippen LogP contribution in [-0.2, 0) is 110 Å². The van der Waals surface area contributed by atoms with Crippen molar-refractivity contribution in [1.29, 1.82) is 5.41 Å². The van der Waals surface area contributed by atoms with Crippen molar-refractivity contribution >= 4 is 117 Å². The van der Waals surface area contributed by atoms with E-state index in [-0.39, 0.29) is 140 Å². The van der Waals surface area contributed by atoms with E-state index in [0.717, 1.165) is 86.4 Å². The number of aromatic nitrogens is 3. The minimum Gasteiger partial charge on any atom is -0.481 e. The van der Waals surface area contributed by atoms with Crippen LogP contribution in [0.15, 0.2) is 73.3 Å². The zero-order chi connectivity index (χ0) is 100.0. The van der Waals surface area contributed by atoms with Crippen molar-refractivity contribution in [3.63, 3.8) is 0 Å². The first kappa shape index (κ1) is 113. The Bertz CT molecular complexity index is 4540. The summed E-state index contributed by atoms with van der Waals surface area (Å²) in [4.78, 5) is 248. The normalized spacial score (nSPS) is 18.7. The van der Waals surface area contributed by atoms with Gasteiger partial charge < -0.3 is 137 Å². The number of nitrogens with one attached hydrogen (secondary N) is 18. The summed E-state index contributed by atoms with van der Waals surface area (Å²) in [6.07, 6.45) is 13.8. The number of unbranched alkanes of at least 4 members (excludes halogenated alkanes) is 12. The molecule has 2 aliphatic rings. The second-order valence-electron chi connectivity index (χ2n) is 34.7. The van der Waals surface area contributed by atoms with E-state index in [2.05, 4.69) is 94.7 Å². The lowest BCUT2D eigenvalue weighted by Crippen LogP contribution is -2.62. The van der Waals surface area contributed by atoms with E-state index in [0.29, 0.717) is 24.0 Å². The summed E-state index contributed by atoms with van der Waals surface area (Å²) < 4.78 is 10.8. The third-order valence-corrected chi connectivity index (χ3v) is 23.1. The summed E-state index contributed by atoms with van der Waals surface area (Å²) in [6, 6.07) is -1.93. The van der Waals surface area contributed by atoms with Gasteiger partial charge in [0.1, 0.15) is 73.1 Å². The fourth-order valence-electron chi connectivity index (χ4n) is 15.5. The molecule has 758 valence electrons.